The quantitative estimate of drug-likeness (QED) is 0.399. The first-order chi connectivity index (χ1) is 17.7. The van der Waals surface area contributed by atoms with Gasteiger partial charge in [0.15, 0.2) is 11.6 Å². The van der Waals surface area contributed by atoms with Gasteiger partial charge in [0.2, 0.25) is 0 Å². The standard InChI is InChI=1S/C27H29N7O2/c1-3-5-7-13-21(10-4-2)26-29-27-28-23(19-24(34(27)31-26)32-14-16-36-17-15-32)33-25(35)18-22(30-33)20-11-8-6-9-12-20/h4-13,18-19,30H,3,14-17H2,1-2H3/b7-5+,10-4-,21-13+. The molecular formula is C27H29N7O2. The van der Waals surface area contributed by atoms with Crippen molar-refractivity contribution in [3.63, 3.8) is 0 Å². The number of nitrogens with one attached hydrogen (secondary N) is 1. The second-order valence-corrected chi connectivity index (χ2v) is 8.39. The molecule has 0 unspecified atom stereocenters. The number of anilines is 1. The fourth-order valence-corrected chi connectivity index (χ4v) is 4.12. The van der Waals surface area contributed by atoms with E-state index in [0.29, 0.717) is 43.7 Å². The molecule has 5 rings (SSSR count). The highest BCUT2D eigenvalue weighted by atomic mass is 16.5. The minimum atomic E-state index is -0.197. The van der Waals surface area contributed by atoms with Crippen molar-refractivity contribution in [3.8, 4) is 17.1 Å². The van der Waals surface area contributed by atoms with Crippen molar-refractivity contribution < 1.29 is 4.74 Å². The third-order valence-electron chi connectivity index (χ3n) is 5.90. The molecule has 0 spiro atoms. The second kappa shape index (κ2) is 10.6. The van der Waals surface area contributed by atoms with Crippen LogP contribution in [0.4, 0.5) is 5.82 Å². The lowest BCUT2D eigenvalue weighted by atomic mass is 10.2. The first-order valence-electron chi connectivity index (χ1n) is 12.2. The van der Waals surface area contributed by atoms with Crippen molar-refractivity contribution in [1.82, 2.24) is 29.4 Å². The van der Waals surface area contributed by atoms with Crippen molar-refractivity contribution in [2.75, 3.05) is 31.2 Å². The number of hydrogen-bond donors (Lipinski definition) is 1. The number of allylic oxidation sites excluding steroid dienone is 6. The lowest BCUT2D eigenvalue weighted by Gasteiger charge is -2.28. The molecule has 0 bridgehead atoms. The molecule has 3 aromatic heterocycles. The Labute approximate surface area is 209 Å². The Balaban J connectivity index is 1.65. The second-order valence-electron chi connectivity index (χ2n) is 8.39. The van der Waals surface area contributed by atoms with Gasteiger partial charge in [-0.15, -0.1) is 5.10 Å². The van der Waals surface area contributed by atoms with Gasteiger partial charge in [0.05, 0.1) is 18.9 Å². The van der Waals surface area contributed by atoms with Crippen LogP contribution < -0.4 is 10.5 Å². The van der Waals surface area contributed by atoms with Gasteiger partial charge in [-0.25, -0.2) is 4.68 Å². The third kappa shape index (κ3) is 4.78. The highest BCUT2D eigenvalue weighted by Gasteiger charge is 2.21. The summed E-state index contributed by atoms with van der Waals surface area (Å²) in [5, 5.41) is 8.01. The lowest BCUT2D eigenvalue weighted by Crippen LogP contribution is -2.37. The van der Waals surface area contributed by atoms with Gasteiger partial charge in [0.1, 0.15) is 5.82 Å². The van der Waals surface area contributed by atoms with E-state index in [4.69, 9.17) is 19.8 Å². The SMILES string of the molecule is C\C=C/C(=C\C=C\CC)c1nc2nc(-n3[nH]c(-c4ccccc4)cc3=O)cc(N3CCOCC3)n2n1. The van der Waals surface area contributed by atoms with Gasteiger partial charge in [-0.05, 0) is 18.9 Å². The topological polar surface area (TPSA) is 93.3 Å². The molecule has 0 aliphatic carbocycles. The molecule has 1 saturated heterocycles. The molecule has 0 saturated carbocycles. The number of H-pyrrole nitrogens is 1. The predicted molar refractivity (Wildman–Crippen MR) is 141 cm³/mol. The summed E-state index contributed by atoms with van der Waals surface area (Å²) in [6.07, 6.45) is 11.0. The first kappa shape index (κ1) is 23.5. The van der Waals surface area contributed by atoms with E-state index in [2.05, 4.69) is 23.0 Å². The molecule has 4 heterocycles. The van der Waals surface area contributed by atoms with E-state index in [1.165, 1.54) is 4.68 Å². The molecule has 1 aromatic carbocycles. The number of fused-ring (bicyclic) bond motifs is 1. The van der Waals surface area contributed by atoms with Crippen LogP contribution in [0.3, 0.4) is 0 Å². The molecule has 1 fully saturated rings. The van der Waals surface area contributed by atoms with Crippen LogP contribution in [0, 0.1) is 0 Å². The molecule has 1 aliphatic rings. The normalized spacial score (nSPS) is 15.1. The van der Waals surface area contributed by atoms with E-state index in [1.807, 2.05) is 67.6 Å². The molecule has 4 aromatic rings. The van der Waals surface area contributed by atoms with Crippen LogP contribution in [0.15, 0.2) is 77.6 Å². The Hall–Kier alpha value is -4.24. The summed E-state index contributed by atoms with van der Waals surface area (Å²) in [6.45, 7) is 6.71. The number of morpholine rings is 1. The van der Waals surface area contributed by atoms with Crippen molar-refractivity contribution in [2.24, 2.45) is 0 Å². The molecule has 184 valence electrons. The summed E-state index contributed by atoms with van der Waals surface area (Å²) >= 11 is 0. The highest BCUT2D eigenvalue weighted by Crippen LogP contribution is 2.23. The van der Waals surface area contributed by atoms with Crippen LogP contribution in [0.25, 0.3) is 28.4 Å². The Morgan fingerprint density at radius 1 is 1.14 bits per heavy atom. The molecule has 9 heteroatoms. The zero-order valence-electron chi connectivity index (χ0n) is 20.5. The van der Waals surface area contributed by atoms with E-state index >= 15 is 0 Å². The third-order valence-corrected chi connectivity index (χ3v) is 5.90. The average molecular weight is 484 g/mol. The van der Waals surface area contributed by atoms with Crippen molar-refractivity contribution in [1.29, 1.82) is 0 Å². The molecule has 0 amide bonds. The average Bonchev–Trinajstić information content (AvgIpc) is 3.52. The zero-order valence-corrected chi connectivity index (χ0v) is 20.5. The lowest BCUT2D eigenvalue weighted by molar-refractivity contribution is 0.122. The molecular weight excluding hydrogens is 454 g/mol. The van der Waals surface area contributed by atoms with Crippen molar-refractivity contribution in [3.05, 3.63) is 89.0 Å². The maximum atomic E-state index is 13.0. The highest BCUT2D eigenvalue weighted by molar-refractivity contribution is 5.72. The smallest absolute Gasteiger partial charge is 0.273 e. The van der Waals surface area contributed by atoms with Crippen LogP contribution in [-0.2, 0) is 4.74 Å². The van der Waals surface area contributed by atoms with E-state index in [1.54, 1.807) is 10.6 Å². The van der Waals surface area contributed by atoms with Crippen LogP contribution >= 0.6 is 0 Å². The number of nitrogens with zero attached hydrogens (tertiary/aromatic N) is 6. The van der Waals surface area contributed by atoms with E-state index in [-0.39, 0.29) is 5.56 Å². The summed E-state index contributed by atoms with van der Waals surface area (Å²) in [6, 6.07) is 13.2. The van der Waals surface area contributed by atoms with Crippen molar-refractivity contribution in [2.45, 2.75) is 20.3 Å². The number of benzene rings is 1. The molecule has 0 radical (unpaired) electrons. The van der Waals surface area contributed by atoms with Crippen LogP contribution in [0.2, 0.25) is 0 Å². The number of rotatable bonds is 7. The fraction of sp³-hybridized carbons (Fsp3) is 0.259. The maximum Gasteiger partial charge on any atom is 0.273 e. The number of ether oxygens (including phenoxy) is 1. The summed E-state index contributed by atoms with van der Waals surface area (Å²) in [5.41, 5.74) is 2.33. The van der Waals surface area contributed by atoms with E-state index in [9.17, 15) is 4.79 Å². The van der Waals surface area contributed by atoms with Crippen LogP contribution in [0.5, 0.6) is 0 Å². The number of aromatic amines is 1. The summed E-state index contributed by atoms with van der Waals surface area (Å²) in [5.74, 6) is 2.25. The minimum absolute atomic E-state index is 0.197. The zero-order chi connectivity index (χ0) is 24.9. The Bertz CT molecular complexity index is 1490. The van der Waals surface area contributed by atoms with E-state index < -0.39 is 0 Å². The fourth-order valence-electron chi connectivity index (χ4n) is 4.12. The van der Waals surface area contributed by atoms with Gasteiger partial charge in [-0.2, -0.15) is 14.5 Å². The van der Waals surface area contributed by atoms with Gasteiger partial charge >= 0.3 is 0 Å². The molecule has 36 heavy (non-hydrogen) atoms. The first-order valence-corrected chi connectivity index (χ1v) is 12.2. The maximum absolute atomic E-state index is 13.0. The van der Waals surface area contributed by atoms with Crippen molar-refractivity contribution >= 4 is 17.2 Å². The van der Waals surface area contributed by atoms with Crippen LogP contribution in [0.1, 0.15) is 26.1 Å². The molecule has 9 nitrogen and oxygen atoms in total. The number of hydrogen-bond acceptors (Lipinski definition) is 6. The molecule has 0 atom stereocenters. The van der Waals surface area contributed by atoms with Gasteiger partial charge in [-0.3, -0.25) is 9.89 Å². The predicted octanol–water partition coefficient (Wildman–Crippen LogP) is 4.03. The monoisotopic (exact) mass is 483 g/mol. The Kier molecular flexibility index (Phi) is 6.90. The summed E-state index contributed by atoms with van der Waals surface area (Å²) < 4.78 is 8.76. The Morgan fingerprint density at radius 2 is 1.94 bits per heavy atom. The Morgan fingerprint density at radius 3 is 2.69 bits per heavy atom. The van der Waals surface area contributed by atoms with E-state index in [0.717, 1.165) is 29.1 Å². The largest absolute Gasteiger partial charge is 0.378 e. The minimum Gasteiger partial charge on any atom is -0.378 e. The van der Waals surface area contributed by atoms with Gasteiger partial charge in [0.25, 0.3) is 11.3 Å². The van der Waals surface area contributed by atoms with Gasteiger partial charge in [0, 0.05) is 30.8 Å². The van der Waals surface area contributed by atoms with Gasteiger partial charge in [-0.1, -0.05) is 67.6 Å². The van der Waals surface area contributed by atoms with Crippen LogP contribution in [-0.4, -0.2) is 55.7 Å². The molecule has 1 N–H and O–H groups in total. The molecule has 1 aliphatic heterocycles. The summed E-state index contributed by atoms with van der Waals surface area (Å²) in [4.78, 5) is 24.6. The summed E-state index contributed by atoms with van der Waals surface area (Å²) in [7, 11) is 0. The number of aromatic nitrogens is 6. The van der Waals surface area contributed by atoms with Gasteiger partial charge < -0.3 is 9.64 Å².